The average Bonchev–Trinajstić information content (AvgIpc) is 2.70. The maximum absolute atomic E-state index is 9.36. The van der Waals surface area contributed by atoms with Crippen molar-refractivity contribution in [1.29, 1.82) is 0 Å². The summed E-state index contributed by atoms with van der Waals surface area (Å²) in [4.78, 5) is 10.5. The number of hydrazine groups is 1. The van der Waals surface area contributed by atoms with E-state index in [1.165, 1.54) is 0 Å². The summed E-state index contributed by atoms with van der Waals surface area (Å²) in [6.07, 6.45) is 4.33. The van der Waals surface area contributed by atoms with Gasteiger partial charge in [-0.15, -0.1) is 0 Å². The lowest BCUT2D eigenvalue weighted by Gasteiger charge is -2.26. The van der Waals surface area contributed by atoms with E-state index in [1.807, 2.05) is 0 Å². The molecule has 16 heavy (non-hydrogen) atoms. The normalized spacial score (nSPS) is 24.8. The topological polar surface area (TPSA) is 87.3 Å². The van der Waals surface area contributed by atoms with Gasteiger partial charge >= 0.3 is 0 Å². The number of aliphatic hydroxyl groups excluding tert-OH is 1. The van der Waals surface area contributed by atoms with Crippen molar-refractivity contribution in [2.75, 3.05) is 23.5 Å². The Balaban J connectivity index is 2.22. The molecule has 0 radical (unpaired) electrons. The van der Waals surface area contributed by atoms with Crippen molar-refractivity contribution in [2.24, 2.45) is 11.8 Å². The fourth-order valence-electron chi connectivity index (χ4n) is 2.13. The van der Waals surface area contributed by atoms with E-state index < -0.39 is 0 Å². The second-order valence-electron chi connectivity index (χ2n) is 4.12. The van der Waals surface area contributed by atoms with Gasteiger partial charge in [-0.1, -0.05) is 6.92 Å². The highest BCUT2D eigenvalue weighted by atomic mass is 16.3. The zero-order valence-corrected chi connectivity index (χ0v) is 9.30. The molecule has 2 unspecified atom stereocenters. The first-order chi connectivity index (χ1) is 7.76. The van der Waals surface area contributed by atoms with Crippen molar-refractivity contribution >= 4 is 11.6 Å². The third-order valence-electron chi connectivity index (χ3n) is 3.13. The van der Waals surface area contributed by atoms with Crippen LogP contribution in [0.2, 0.25) is 0 Å². The molecule has 2 rings (SSSR count). The fraction of sp³-hybridized carbons (Fsp3) is 0.600. The van der Waals surface area contributed by atoms with Crippen molar-refractivity contribution in [3.8, 4) is 0 Å². The molecule has 6 heteroatoms. The van der Waals surface area contributed by atoms with Crippen LogP contribution in [0.1, 0.15) is 13.3 Å². The minimum Gasteiger partial charge on any atom is -0.394 e. The molecule has 0 amide bonds. The zero-order valence-electron chi connectivity index (χ0n) is 9.30. The van der Waals surface area contributed by atoms with Crippen molar-refractivity contribution in [2.45, 2.75) is 19.4 Å². The van der Waals surface area contributed by atoms with Gasteiger partial charge in [-0.2, -0.15) is 0 Å². The number of hydrogen-bond donors (Lipinski definition) is 3. The Morgan fingerprint density at radius 2 is 2.44 bits per heavy atom. The van der Waals surface area contributed by atoms with Crippen molar-refractivity contribution < 1.29 is 5.11 Å². The van der Waals surface area contributed by atoms with Gasteiger partial charge in [0.1, 0.15) is 5.82 Å². The van der Waals surface area contributed by atoms with E-state index in [0.29, 0.717) is 11.7 Å². The van der Waals surface area contributed by atoms with Crippen LogP contribution in [-0.2, 0) is 0 Å². The molecule has 0 spiro atoms. The summed E-state index contributed by atoms with van der Waals surface area (Å²) in [5, 5.41) is 9.36. The fourth-order valence-corrected chi connectivity index (χ4v) is 2.13. The number of aromatic nitrogens is 2. The molecule has 1 saturated heterocycles. The highest BCUT2D eigenvalue weighted by Crippen LogP contribution is 2.28. The van der Waals surface area contributed by atoms with E-state index in [9.17, 15) is 5.11 Å². The second-order valence-corrected chi connectivity index (χ2v) is 4.12. The number of aliphatic hydroxyl groups is 1. The Labute approximate surface area is 94.5 Å². The molecule has 1 aliphatic heterocycles. The molecular weight excluding hydrogens is 206 g/mol. The lowest BCUT2D eigenvalue weighted by atomic mass is 10.0. The van der Waals surface area contributed by atoms with Gasteiger partial charge < -0.3 is 15.4 Å². The molecule has 88 valence electrons. The Morgan fingerprint density at radius 3 is 3.12 bits per heavy atom. The zero-order chi connectivity index (χ0) is 11.5. The lowest BCUT2D eigenvalue weighted by Crippen LogP contribution is -2.35. The van der Waals surface area contributed by atoms with E-state index in [-0.39, 0.29) is 12.6 Å². The van der Waals surface area contributed by atoms with Crippen LogP contribution < -0.4 is 16.2 Å². The highest BCUT2D eigenvalue weighted by molar-refractivity contribution is 5.45. The highest BCUT2D eigenvalue weighted by Gasteiger charge is 2.31. The Bertz CT molecular complexity index is 359. The van der Waals surface area contributed by atoms with E-state index in [1.54, 1.807) is 12.4 Å². The Morgan fingerprint density at radius 1 is 1.62 bits per heavy atom. The smallest absolute Gasteiger partial charge is 0.160 e. The number of nitrogens with two attached hydrogens (primary N) is 1. The van der Waals surface area contributed by atoms with Gasteiger partial charge in [0.25, 0.3) is 0 Å². The quantitative estimate of drug-likeness (QED) is 0.492. The summed E-state index contributed by atoms with van der Waals surface area (Å²) >= 11 is 0. The molecule has 1 aromatic rings. The standard InChI is InChI=1S/C10H17N5O/c1-7-2-3-15(8(7)6-16)10-5-12-4-9(13-10)14-11/h4-5,7-8,16H,2-3,6,11H2,1H3,(H,13,14). The predicted molar refractivity (Wildman–Crippen MR) is 61.8 cm³/mol. The summed E-state index contributed by atoms with van der Waals surface area (Å²) in [5.74, 6) is 7.06. The van der Waals surface area contributed by atoms with Gasteiger partial charge in [0.05, 0.1) is 25.0 Å². The van der Waals surface area contributed by atoms with E-state index in [2.05, 4.69) is 27.2 Å². The first-order valence-electron chi connectivity index (χ1n) is 5.42. The predicted octanol–water partition coefficient (Wildman–Crippen LogP) is -0.0307. The molecule has 2 atom stereocenters. The molecule has 0 aliphatic carbocycles. The minimum absolute atomic E-state index is 0.127. The summed E-state index contributed by atoms with van der Waals surface area (Å²) in [6, 6.07) is 0.127. The third-order valence-corrected chi connectivity index (χ3v) is 3.13. The Kier molecular flexibility index (Phi) is 3.21. The summed E-state index contributed by atoms with van der Waals surface area (Å²) < 4.78 is 0. The van der Waals surface area contributed by atoms with Gasteiger partial charge in [0.2, 0.25) is 0 Å². The number of nitrogens with zero attached hydrogens (tertiary/aromatic N) is 3. The van der Waals surface area contributed by atoms with Crippen molar-refractivity contribution in [3.63, 3.8) is 0 Å². The maximum atomic E-state index is 9.36. The second kappa shape index (κ2) is 4.63. The number of hydrogen-bond acceptors (Lipinski definition) is 6. The van der Waals surface area contributed by atoms with Gasteiger partial charge in [0.15, 0.2) is 5.82 Å². The van der Waals surface area contributed by atoms with Gasteiger partial charge in [-0.05, 0) is 12.3 Å². The first kappa shape index (κ1) is 11.1. The van der Waals surface area contributed by atoms with Crippen LogP contribution in [-0.4, -0.2) is 34.3 Å². The molecule has 0 bridgehead atoms. The van der Waals surface area contributed by atoms with Crippen LogP contribution in [0.15, 0.2) is 12.4 Å². The molecular formula is C10H17N5O. The van der Waals surface area contributed by atoms with Gasteiger partial charge in [-0.3, -0.25) is 4.98 Å². The molecule has 0 saturated carbocycles. The lowest BCUT2D eigenvalue weighted by molar-refractivity contribution is 0.244. The summed E-state index contributed by atoms with van der Waals surface area (Å²) in [7, 11) is 0. The number of nitrogen functional groups attached to an aromatic ring is 1. The average molecular weight is 223 g/mol. The SMILES string of the molecule is CC1CCN(c2cncc(NN)n2)C1CO. The number of nitrogens with one attached hydrogen (secondary N) is 1. The molecule has 1 aliphatic rings. The largest absolute Gasteiger partial charge is 0.394 e. The van der Waals surface area contributed by atoms with E-state index in [4.69, 9.17) is 5.84 Å². The minimum atomic E-state index is 0.127. The van der Waals surface area contributed by atoms with Crippen LogP contribution in [0.4, 0.5) is 11.6 Å². The van der Waals surface area contributed by atoms with Crippen LogP contribution in [0.3, 0.4) is 0 Å². The molecule has 6 nitrogen and oxygen atoms in total. The van der Waals surface area contributed by atoms with Crippen molar-refractivity contribution in [1.82, 2.24) is 9.97 Å². The Hall–Kier alpha value is -1.40. The summed E-state index contributed by atoms with van der Waals surface area (Å²) in [5.41, 5.74) is 2.47. The molecule has 4 N–H and O–H groups in total. The maximum Gasteiger partial charge on any atom is 0.160 e. The van der Waals surface area contributed by atoms with Crippen LogP contribution >= 0.6 is 0 Å². The van der Waals surface area contributed by atoms with Gasteiger partial charge in [0, 0.05) is 6.54 Å². The number of anilines is 2. The number of rotatable bonds is 3. The monoisotopic (exact) mass is 223 g/mol. The molecule has 1 fully saturated rings. The van der Waals surface area contributed by atoms with Crippen LogP contribution in [0.25, 0.3) is 0 Å². The first-order valence-corrected chi connectivity index (χ1v) is 5.42. The van der Waals surface area contributed by atoms with E-state index in [0.717, 1.165) is 18.8 Å². The third kappa shape index (κ3) is 1.94. The van der Waals surface area contributed by atoms with Gasteiger partial charge in [-0.25, -0.2) is 10.8 Å². The molecule has 0 aromatic carbocycles. The van der Waals surface area contributed by atoms with Crippen LogP contribution in [0, 0.1) is 5.92 Å². The van der Waals surface area contributed by atoms with Crippen molar-refractivity contribution in [3.05, 3.63) is 12.4 Å². The van der Waals surface area contributed by atoms with E-state index >= 15 is 0 Å². The molecule has 1 aromatic heterocycles. The molecule has 2 heterocycles. The summed E-state index contributed by atoms with van der Waals surface area (Å²) in [6.45, 7) is 3.18. The van der Waals surface area contributed by atoms with Crippen LogP contribution in [0.5, 0.6) is 0 Å².